The summed E-state index contributed by atoms with van der Waals surface area (Å²) < 4.78 is 0. The average Bonchev–Trinajstić information content (AvgIpc) is 2.90. The fourth-order valence-corrected chi connectivity index (χ4v) is 2.39. The molecule has 2 rings (SSSR count). The van der Waals surface area contributed by atoms with Gasteiger partial charge in [-0.1, -0.05) is 18.2 Å². The maximum absolute atomic E-state index is 12.2. The van der Waals surface area contributed by atoms with Gasteiger partial charge in [0.1, 0.15) is 6.04 Å². The number of aromatic amines is 1. The minimum Gasteiger partial charge on any atom is -0.396 e. The fraction of sp³-hybridized carbons (Fsp3) is 0.375. The van der Waals surface area contributed by atoms with Crippen molar-refractivity contribution < 1.29 is 14.7 Å². The second kappa shape index (κ2) is 7.61. The van der Waals surface area contributed by atoms with Crippen LogP contribution in [0.4, 0.5) is 0 Å². The number of aliphatic hydroxyl groups is 1. The van der Waals surface area contributed by atoms with Crippen molar-refractivity contribution in [3.8, 4) is 0 Å². The van der Waals surface area contributed by atoms with Crippen LogP contribution in [-0.2, 0) is 16.0 Å². The number of hydrogen-bond acceptors (Lipinski definition) is 3. The lowest BCUT2D eigenvalue weighted by atomic mass is 10.0. The first kappa shape index (κ1) is 16.0. The van der Waals surface area contributed by atoms with Crippen LogP contribution in [0.5, 0.6) is 0 Å². The molecule has 0 spiro atoms. The first-order valence-electron chi connectivity index (χ1n) is 7.32. The van der Waals surface area contributed by atoms with Crippen molar-refractivity contribution in [2.75, 3.05) is 13.2 Å². The normalized spacial score (nSPS) is 12.1. The van der Waals surface area contributed by atoms with Crippen molar-refractivity contribution >= 4 is 22.7 Å². The van der Waals surface area contributed by atoms with E-state index < -0.39 is 6.04 Å². The van der Waals surface area contributed by atoms with Crippen molar-refractivity contribution in [3.63, 3.8) is 0 Å². The molecule has 6 heteroatoms. The van der Waals surface area contributed by atoms with Gasteiger partial charge >= 0.3 is 0 Å². The number of nitrogens with one attached hydrogen (secondary N) is 3. The van der Waals surface area contributed by atoms with E-state index >= 15 is 0 Å². The molecule has 2 amide bonds. The quantitative estimate of drug-likeness (QED) is 0.568. The van der Waals surface area contributed by atoms with Crippen LogP contribution in [0, 0.1) is 0 Å². The van der Waals surface area contributed by atoms with E-state index in [-0.39, 0.29) is 18.4 Å². The molecule has 4 N–H and O–H groups in total. The SMILES string of the molecule is CC(=O)NC(Cc1c[nH]c2ccccc12)C(=O)NCCCO. The molecule has 0 fully saturated rings. The summed E-state index contributed by atoms with van der Waals surface area (Å²) in [7, 11) is 0. The van der Waals surface area contributed by atoms with Gasteiger partial charge in [0.2, 0.25) is 11.8 Å². The van der Waals surface area contributed by atoms with Crippen molar-refractivity contribution in [1.82, 2.24) is 15.6 Å². The van der Waals surface area contributed by atoms with E-state index in [0.29, 0.717) is 19.4 Å². The third-order valence-electron chi connectivity index (χ3n) is 3.43. The predicted octanol–water partition coefficient (Wildman–Crippen LogP) is 0.714. The highest BCUT2D eigenvalue weighted by Gasteiger charge is 2.20. The predicted molar refractivity (Wildman–Crippen MR) is 84.3 cm³/mol. The van der Waals surface area contributed by atoms with Crippen LogP contribution in [0.3, 0.4) is 0 Å². The van der Waals surface area contributed by atoms with Crippen LogP contribution in [0.1, 0.15) is 18.9 Å². The molecule has 0 aliphatic heterocycles. The Morgan fingerprint density at radius 3 is 2.82 bits per heavy atom. The molecule has 0 aliphatic carbocycles. The molecular formula is C16H21N3O3. The molecule has 1 heterocycles. The topological polar surface area (TPSA) is 94.2 Å². The van der Waals surface area contributed by atoms with Gasteiger partial charge in [-0.15, -0.1) is 0 Å². The number of benzene rings is 1. The zero-order chi connectivity index (χ0) is 15.9. The van der Waals surface area contributed by atoms with Crippen LogP contribution in [-0.4, -0.2) is 41.1 Å². The van der Waals surface area contributed by atoms with Gasteiger partial charge in [-0.3, -0.25) is 9.59 Å². The Morgan fingerprint density at radius 1 is 1.32 bits per heavy atom. The van der Waals surface area contributed by atoms with Crippen molar-refractivity contribution in [1.29, 1.82) is 0 Å². The number of carbonyl (C=O) groups excluding carboxylic acids is 2. The summed E-state index contributed by atoms with van der Waals surface area (Å²) in [6.07, 6.45) is 2.76. The third kappa shape index (κ3) is 4.08. The Kier molecular flexibility index (Phi) is 5.55. The molecule has 2 aromatic rings. The van der Waals surface area contributed by atoms with Gasteiger partial charge in [-0.2, -0.15) is 0 Å². The number of para-hydroxylation sites is 1. The number of aromatic nitrogens is 1. The minimum absolute atomic E-state index is 0.0214. The Bertz CT molecular complexity index is 651. The molecule has 0 saturated heterocycles. The second-order valence-corrected chi connectivity index (χ2v) is 5.18. The van der Waals surface area contributed by atoms with Gasteiger partial charge < -0.3 is 20.7 Å². The Labute approximate surface area is 128 Å². The average molecular weight is 303 g/mol. The van der Waals surface area contributed by atoms with E-state index in [1.54, 1.807) is 0 Å². The summed E-state index contributed by atoms with van der Waals surface area (Å²) in [5.41, 5.74) is 1.98. The van der Waals surface area contributed by atoms with Gasteiger partial charge in [0.15, 0.2) is 0 Å². The zero-order valence-corrected chi connectivity index (χ0v) is 12.6. The highest BCUT2D eigenvalue weighted by atomic mass is 16.3. The molecule has 1 aromatic carbocycles. The second-order valence-electron chi connectivity index (χ2n) is 5.18. The first-order chi connectivity index (χ1) is 10.6. The summed E-state index contributed by atoms with van der Waals surface area (Å²) in [5.74, 6) is -0.490. The van der Waals surface area contributed by atoms with Gasteiger partial charge in [-0.25, -0.2) is 0 Å². The largest absolute Gasteiger partial charge is 0.396 e. The monoisotopic (exact) mass is 303 g/mol. The number of rotatable bonds is 7. The lowest BCUT2D eigenvalue weighted by Gasteiger charge is -2.17. The Balaban J connectivity index is 2.12. The van der Waals surface area contributed by atoms with E-state index in [0.717, 1.165) is 16.5 Å². The van der Waals surface area contributed by atoms with Gasteiger partial charge in [0.05, 0.1) is 0 Å². The molecule has 22 heavy (non-hydrogen) atoms. The summed E-state index contributed by atoms with van der Waals surface area (Å²) in [4.78, 5) is 26.7. The van der Waals surface area contributed by atoms with E-state index in [2.05, 4.69) is 15.6 Å². The van der Waals surface area contributed by atoms with Crippen molar-refractivity contribution in [2.24, 2.45) is 0 Å². The summed E-state index contributed by atoms with van der Waals surface area (Å²) in [6.45, 7) is 1.80. The third-order valence-corrected chi connectivity index (χ3v) is 3.43. The van der Waals surface area contributed by atoms with Gasteiger partial charge in [0, 0.05) is 43.6 Å². The lowest BCUT2D eigenvalue weighted by molar-refractivity contribution is -0.128. The van der Waals surface area contributed by atoms with E-state index in [1.165, 1.54) is 6.92 Å². The highest BCUT2D eigenvalue weighted by Crippen LogP contribution is 2.19. The number of carbonyl (C=O) groups is 2. The molecule has 1 unspecified atom stereocenters. The van der Waals surface area contributed by atoms with Crippen molar-refractivity contribution in [3.05, 3.63) is 36.0 Å². The molecule has 0 radical (unpaired) electrons. The fourth-order valence-electron chi connectivity index (χ4n) is 2.39. The zero-order valence-electron chi connectivity index (χ0n) is 12.6. The maximum atomic E-state index is 12.2. The smallest absolute Gasteiger partial charge is 0.242 e. The molecule has 118 valence electrons. The standard InChI is InChI=1S/C16H21N3O3/c1-11(21)19-15(16(22)17-7-4-8-20)9-12-10-18-14-6-3-2-5-13(12)14/h2-3,5-6,10,15,18,20H,4,7-9H2,1H3,(H,17,22)(H,19,21). The Hall–Kier alpha value is -2.34. The van der Waals surface area contributed by atoms with Crippen LogP contribution >= 0.6 is 0 Å². The molecule has 0 saturated carbocycles. The molecule has 1 aromatic heterocycles. The van der Waals surface area contributed by atoms with E-state index in [9.17, 15) is 9.59 Å². The number of fused-ring (bicyclic) bond motifs is 1. The number of amides is 2. The summed E-state index contributed by atoms with van der Waals surface area (Å²) >= 11 is 0. The maximum Gasteiger partial charge on any atom is 0.242 e. The lowest BCUT2D eigenvalue weighted by Crippen LogP contribution is -2.47. The summed E-state index contributed by atoms with van der Waals surface area (Å²) in [6, 6.07) is 7.20. The number of H-pyrrole nitrogens is 1. The first-order valence-corrected chi connectivity index (χ1v) is 7.32. The van der Waals surface area contributed by atoms with Gasteiger partial charge in [0.25, 0.3) is 0 Å². The molecule has 1 atom stereocenters. The number of hydrogen-bond donors (Lipinski definition) is 4. The molecular weight excluding hydrogens is 282 g/mol. The van der Waals surface area contributed by atoms with Crippen LogP contribution in [0.2, 0.25) is 0 Å². The van der Waals surface area contributed by atoms with E-state index in [4.69, 9.17) is 5.11 Å². The van der Waals surface area contributed by atoms with Crippen LogP contribution < -0.4 is 10.6 Å². The molecule has 0 bridgehead atoms. The highest BCUT2D eigenvalue weighted by molar-refractivity contribution is 5.89. The minimum atomic E-state index is -0.629. The van der Waals surface area contributed by atoms with Crippen LogP contribution in [0.15, 0.2) is 30.5 Å². The van der Waals surface area contributed by atoms with Crippen molar-refractivity contribution in [2.45, 2.75) is 25.8 Å². The number of aliphatic hydroxyl groups excluding tert-OH is 1. The van der Waals surface area contributed by atoms with Crippen LogP contribution in [0.25, 0.3) is 10.9 Å². The molecule has 0 aliphatic rings. The van der Waals surface area contributed by atoms with E-state index in [1.807, 2.05) is 30.5 Å². The summed E-state index contributed by atoms with van der Waals surface area (Å²) in [5, 5.41) is 15.2. The van der Waals surface area contributed by atoms with Gasteiger partial charge in [-0.05, 0) is 18.1 Å². The Morgan fingerprint density at radius 2 is 2.09 bits per heavy atom. The molecule has 6 nitrogen and oxygen atoms in total.